The summed E-state index contributed by atoms with van der Waals surface area (Å²) in [6, 6.07) is 8.28. The van der Waals surface area contributed by atoms with E-state index in [1.54, 1.807) is 4.90 Å². The highest BCUT2D eigenvalue weighted by Crippen LogP contribution is 2.33. The van der Waals surface area contributed by atoms with Crippen molar-refractivity contribution in [2.24, 2.45) is 0 Å². The minimum absolute atomic E-state index is 0.0235. The molecule has 0 spiro atoms. The lowest BCUT2D eigenvalue weighted by atomic mass is 9.78. The smallest absolute Gasteiger partial charge is 0.318 e. The van der Waals surface area contributed by atoms with Crippen LogP contribution in [-0.4, -0.2) is 54.1 Å². The highest BCUT2D eigenvalue weighted by atomic mass is 16.2. The van der Waals surface area contributed by atoms with Crippen molar-refractivity contribution in [2.75, 3.05) is 26.2 Å². The average molecular weight is 344 g/mol. The number of benzene rings is 1. The van der Waals surface area contributed by atoms with Crippen LogP contribution >= 0.6 is 0 Å². The van der Waals surface area contributed by atoms with Crippen molar-refractivity contribution >= 4 is 12.1 Å². The number of hydrogen-bond acceptors (Lipinski definition) is 2. The number of fused-ring (bicyclic) bond motifs is 1. The lowest BCUT2D eigenvalue weighted by Gasteiger charge is -2.40. The largest absolute Gasteiger partial charge is 0.338 e. The van der Waals surface area contributed by atoms with Gasteiger partial charge in [0.15, 0.2) is 0 Å². The summed E-state index contributed by atoms with van der Waals surface area (Å²) >= 11 is 0. The molecule has 1 atom stereocenters. The molecule has 2 aliphatic heterocycles. The minimum Gasteiger partial charge on any atom is -0.338 e. The molecule has 25 heavy (non-hydrogen) atoms. The van der Waals surface area contributed by atoms with Gasteiger partial charge in [-0.15, -0.1) is 0 Å². The second-order valence-electron chi connectivity index (χ2n) is 7.61. The van der Waals surface area contributed by atoms with Gasteiger partial charge in [-0.3, -0.25) is 0 Å². The van der Waals surface area contributed by atoms with E-state index in [-0.39, 0.29) is 23.5 Å². The van der Waals surface area contributed by atoms with Crippen molar-refractivity contribution < 1.29 is 9.59 Å². The second kappa shape index (κ2) is 6.94. The fourth-order valence-electron chi connectivity index (χ4n) is 3.88. The summed E-state index contributed by atoms with van der Waals surface area (Å²) in [5, 5.41) is 5.92. The van der Waals surface area contributed by atoms with Gasteiger partial charge in [0.25, 0.3) is 0 Å². The quantitative estimate of drug-likeness (QED) is 0.864. The van der Waals surface area contributed by atoms with Crippen LogP contribution in [0, 0.1) is 0 Å². The molecule has 4 amide bonds. The van der Waals surface area contributed by atoms with Gasteiger partial charge in [-0.25, -0.2) is 9.59 Å². The van der Waals surface area contributed by atoms with E-state index in [1.165, 1.54) is 11.1 Å². The van der Waals surface area contributed by atoms with E-state index in [4.69, 9.17) is 0 Å². The van der Waals surface area contributed by atoms with E-state index >= 15 is 0 Å². The molecule has 1 fully saturated rings. The average Bonchev–Trinajstić information content (AvgIpc) is 3.03. The molecular formula is C19H28N4O2. The van der Waals surface area contributed by atoms with Gasteiger partial charge in [-0.2, -0.15) is 0 Å². The Bertz CT molecular complexity index is 659. The highest BCUT2D eigenvalue weighted by molar-refractivity contribution is 5.76. The lowest BCUT2D eigenvalue weighted by molar-refractivity contribution is 0.169. The van der Waals surface area contributed by atoms with Crippen LogP contribution in [0.1, 0.15) is 38.3 Å². The van der Waals surface area contributed by atoms with Crippen LogP contribution in [0.3, 0.4) is 0 Å². The summed E-state index contributed by atoms with van der Waals surface area (Å²) in [5.74, 6) is 0. The standard InChI is InChI=1S/C19H28N4O2/c1-4-20-17(24)22-10-9-15(12-22)21-18(25)23-11-14-7-5-6-8-16(14)19(2,3)13-23/h5-8,15H,4,9-13H2,1-3H3,(H,20,24)(H,21,25). The van der Waals surface area contributed by atoms with Crippen LogP contribution < -0.4 is 10.6 Å². The number of amides is 4. The first-order valence-corrected chi connectivity index (χ1v) is 9.07. The van der Waals surface area contributed by atoms with Crippen LogP contribution in [0.2, 0.25) is 0 Å². The van der Waals surface area contributed by atoms with Crippen molar-refractivity contribution in [3.05, 3.63) is 35.4 Å². The molecule has 136 valence electrons. The summed E-state index contributed by atoms with van der Waals surface area (Å²) in [7, 11) is 0. The highest BCUT2D eigenvalue weighted by Gasteiger charge is 2.35. The third-order valence-electron chi connectivity index (χ3n) is 5.11. The number of urea groups is 2. The molecule has 6 heteroatoms. The number of hydrogen-bond donors (Lipinski definition) is 2. The lowest BCUT2D eigenvalue weighted by Crippen LogP contribution is -2.51. The van der Waals surface area contributed by atoms with E-state index in [1.807, 2.05) is 17.9 Å². The Kier molecular flexibility index (Phi) is 4.88. The van der Waals surface area contributed by atoms with E-state index in [2.05, 4.69) is 42.7 Å². The Balaban J connectivity index is 1.61. The van der Waals surface area contributed by atoms with Gasteiger partial charge < -0.3 is 20.4 Å². The Hall–Kier alpha value is -2.24. The molecule has 1 saturated heterocycles. The van der Waals surface area contributed by atoms with Gasteiger partial charge in [0.1, 0.15) is 0 Å². The van der Waals surface area contributed by atoms with Crippen LogP contribution in [0.4, 0.5) is 9.59 Å². The van der Waals surface area contributed by atoms with E-state index in [9.17, 15) is 9.59 Å². The first-order valence-electron chi connectivity index (χ1n) is 9.07. The third-order valence-corrected chi connectivity index (χ3v) is 5.11. The van der Waals surface area contributed by atoms with Gasteiger partial charge in [0.2, 0.25) is 0 Å². The molecule has 1 unspecified atom stereocenters. The minimum atomic E-state index is -0.0606. The number of nitrogens with one attached hydrogen (secondary N) is 2. The monoisotopic (exact) mass is 344 g/mol. The summed E-state index contributed by atoms with van der Waals surface area (Å²) in [5.41, 5.74) is 2.47. The third kappa shape index (κ3) is 3.72. The predicted molar refractivity (Wildman–Crippen MR) is 97.5 cm³/mol. The number of rotatable bonds is 2. The fourth-order valence-corrected chi connectivity index (χ4v) is 3.88. The number of carbonyl (C=O) groups is 2. The molecule has 3 rings (SSSR count). The summed E-state index contributed by atoms with van der Waals surface area (Å²) in [6.45, 7) is 9.48. The van der Waals surface area contributed by atoms with Gasteiger partial charge in [0, 0.05) is 44.2 Å². The molecule has 2 aliphatic rings. The summed E-state index contributed by atoms with van der Waals surface area (Å²) < 4.78 is 0. The molecule has 0 radical (unpaired) electrons. The Morgan fingerprint density at radius 2 is 1.96 bits per heavy atom. The van der Waals surface area contributed by atoms with Crippen LogP contribution in [0.25, 0.3) is 0 Å². The second-order valence-corrected chi connectivity index (χ2v) is 7.61. The number of likely N-dealkylation sites (tertiary alicyclic amines) is 1. The summed E-state index contributed by atoms with van der Waals surface area (Å²) in [4.78, 5) is 28.3. The van der Waals surface area contributed by atoms with E-state index in [0.717, 1.165) is 6.42 Å². The van der Waals surface area contributed by atoms with Crippen molar-refractivity contribution in [3.63, 3.8) is 0 Å². The molecule has 0 saturated carbocycles. The van der Waals surface area contributed by atoms with Crippen LogP contribution in [0.5, 0.6) is 0 Å². The van der Waals surface area contributed by atoms with Gasteiger partial charge in [-0.1, -0.05) is 38.1 Å². The first-order chi connectivity index (χ1) is 11.9. The molecule has 0 bridgehead atoms. The molecule has 6 nitrogen and oxygen atoms in total. The molecule has 0 aliphatic carbocycles. The maximum atomic E-state index is 12.7. The van der Waals surface area contributed by atoms with Crippen LogP contribution in [-0.2, 0) is 12.0 Å². The molecule has 1 aromatic rings. The molecular weight excluding hydrogens is 316 g/mol. The number of carbonyl (C=O) groups excluding carboxylic acids is 2. The van der Waals surface area contributed by atoms with Crippen molar-refractivity contribution in [2.45, 2.75) is 45.2 Å². The van der Waals surface area contributed by atoms with Gasteiger partial charge >= 0.3 is 12.1 Å². The van der Waals surface area contributed by atoms with Gasteiger partial charge in [-0.05, 0) is 24.5 Å². The zero-order valence-corrected chi connectivity index (χ0v) is 15.3. The zero-order chi connectivity index (χ0) is 18.0. The Labute approximate surface area is 149 Å². The van der Waals surface area contributed by atoms with Crippen molar-refractivity contribution in [1.82, 2.24) is 20.4 Å². The number of nitrogens with zero attached hydrogens (tertiary/aromatic N) is 2. The summed E-state index contributed by atoms with van der Waals surface area (Å²) in [6.07, 6.45) is 0.802. The molecule has 2 N–H and O–H groups in total. The molecule has 1 aromatic carbocycles. The first kappa shape index (κ1) is 17.6. The topological polar surface area (TPSA) is 64.7 Å². The molecule has 0 aromatic heterocycles. The Morgan fingerprint density at radius 3 is 2.72 bits per heavy atom. The zero-order valence-electron chi connectivity index (χ0n) is 15.3. The van der Waals surface area contributed by atoms with E-state index < -0.39 is 0 Å². The van der Waals surface area contributed by atoms with E-state index in [0.29, 0.717) is 32.7 Å². The Morgan fingerprint density at radius 1 is 1.20 bits per heavy atom. The maximum Gasteiger partial charge on any atom is 0.318 e. The van der Waals surface area contributed by atoms with Crippen molar-refractivity contribution in [1.29, 1.82) is 0 Å². The fraction of sp³-hybridized carbons (Fsp3) is 0.579. The SMILES string of the molecule is CCNC(=O)N1CCC(NC(=O)N2Cc3ccccc3C(C)(C)C2)C1. The van der Waals surface area contributed by atoms with Gasteiger partial charge in [0.05, 0.1) is 0 Å². The molecule has 2 heterocycles. The van der Waals surface area contributed by atoms with Crippen molar-refractivity contribution in [3.8, 4) is 0 Å². The van der Waals surface area contributed by atoms with Crippen LogP contribution in [0.15, 0.2) is 24.3 Å². The maximum absolute atomic E-state index is 12.7. The normalized spacial score (nSPS) is 21.6. The predicted octanol–water partition coefficient (Wildman–Crippen LogP) is 2.29.